The lowest BCUT2D eigenvalue weighted by Gasteiger charge is -2.08. The molecular weight excluding hydrogens is 248 g/mol. The summed E-state index contributed by atoms with van der Waals surface area (Å²) in [5, 5.41) is 9.19. The van der Waals surface area contributed by atoms with Crippen molar-refractivity contribution >= 4 is 17.8 Å². The van der Waals surface area contributed by atoms with E-state index in [1.54, 1.807) is 0 Å². The van der Waals surface area contributed by atoms with E-state index in [-0.39, 0.29) is 30.7 Å². The molecule has 0 aliphatic rings. The Morgan fingerprint density at radius 2 is 2.11 bits per heavy atom. The number of hydrogen-bond acceptors (Lipinski definition) is 5. The minimum atomic E-state index is -0.235. The van der Waals surface area contributed by atoms with Crippen molar-refractivity contribution in [1.82, 2.24) is 25.4 Å². The summed E-state index contributed by atoms with van der Waals surface area (Å²) in [6.45, 7) is 5.02. The zero-order valence-corrected chi connectivity index (χ0v) is 11.2. The number of anilines is 1. The lowest BCUT2D eigenvalue weighted by molar-refractivity contribution is -0.122. The van der Waals surface area contributed by atoms with Crippen LogP contribution >= 0.6 is 0 Å². The van der Waals surface area contributed by atoms with Crippen LogP contribution in [0.2, 0.25) is 0 Å². The summed E-state index contributed by atoms with van der Waals surface area (Å²) in [4.78, 5) is 26.6. The summed E-state index contributed by atoms with van der Waals surface area (Å²) in [7, 11) is 0. The van der Waals surface area contributed by atoms with Gasteiger partial charge in [0.1, 0.15) is 12.9 Å². The molecule has 4 N–H and O–H groups in total. The zero-order valence-electron chi connectivity index (χ0n) is 11.2. The first-order valence-electron chi connectivity index (χ1n) is 6.15. The third kappa shape index (κ3) is 6.39. The number of carbonyl (C=O) groups excluding carboxylic acids is 2. The van der Waals surface area contributed by atoms with Crippen LogP contribution in [0.4, 0.5) is 5.95 Å². The quantitative estimate of drug-likeness (QED) is 0.595. The van der Waals surface area contributed by atoms with E-state index in [1.807, 2.05) is 13.8 Å². The molecule has 0 bridgehead atoms. The molecule has 1 heterocycles. The third-order valence-electron chi connectivity index (χ3n) is 2.24. The lowest BCUT2D eigenvalue weighted by atomic mass is 10.2. The van der Waals surface area contributed by atoms with Crippen molar-refractivity contribution in [1.29, 1.82) is 0 Å². The fourth-order valence-electron chi connectivity index (χ4n) is 1.31. The van der Waals surface area contributed by atoms with Crippen LogP contribution in [-0.2, 0) is 16.1 Å². The van der Waals surface area contributed by atoms with Crippen LogP contribution in [0.5, 0.6) is 0 Å². The van der Waals surface area contributed by atoms with Gasteiger partial charge in [-0.2, -0.15) is 0 Å². The molecule has 106 valence electrons. The largest absolute Gasteiger partial charge is 0.367 e. The highest BCUT2D eigenvalue weighted by Crippen LogP contribution is 1.90. The number of rotatable bonds is 7. The van der Waals surface area contributed by atoms with E-state index in [0.29, 0.717) is 19.0 Å². The maximum Gasteiger partial charge on any atom is 0.241 e. The average molecular weight is 268 g/mol. The second kappa shape index (κ2) is 7.34. The van der Waals surface area contributed by atoms with Gasteiger partial charge in [0.15, 0.2) is 0 Å². The van der Waals surface area contributed by atoms with Gasteiger partial charge < -0.3 is 16.4 Å². The summed E-state index contributed by atoms with van der Waals surface area (Å²) in [6.07, 6.45) is 1.64. The van der Waals surface area contributed by atoms with Gasteiger partial charge in [0.05, 0.1) is 0 Å². The van der Waals surface area contributed by atoms with Gasteiger partial charge in [-0.1, -0.05) is 13.8 Å². The number of hydrogen-bond donors (Lipinski definition) is 3. The van der Waals surface area contributed by atoms with E-state index in [0.717, 1.165) is 0 Å². The van der Waals surface area contributed by atoms with Crippen molar-refractivity contribution in [2.24, 2.45) is 5.92 Å². The van der Waals surface area contributed by atoms with E-state index < -0.39 is 0 Å². The van der Waals surface area contributed by atoms with E-state index in [4.69, 9.17) is 5.73 Å². The number of aromatic nitrogens is 3. The molecule has 1 aromatic heterocycles. The second-order valence-electron chi connectivity index (χ2n) is 4.60. The molecular formula is C11H20N6O2. The Bertz CT molecular complexity index is 429. The molecule has 0 aliphatic carbocycles. The molecule has 1 rings (SSSR count). The average Bonchev–Trinajstić information content (AvgIpc) is 2.72. The van der Waals surface area contributed by atoms with Crippen LogP contribution in [0.1, 0.15) is 20.3 Å². The first-order valence-corrected chi connectivity index (χ1v) is 6.15. The first-order chi connectivity index (χ1) is 8.97. The zero-order chi connectivity index (χ0) is 14.3. The molecule has 8 heteroatoms. The van der Waals surface area contributed by atoms with E-state index in [9.17, 15) is 9.59 Å². The van der Waals surface area contributed by atoms with Gasteiger partial charge in [-0.3, -0.25) is 9.59 Å². The molecule has 0 fully saturated rings. The summed E-state index contributed by atoms with van der Waals surface area (Å²) >= 11 is 0. The Labute approximate surface area is 111 Å². The minimum Gasteiger partial charge on any atom is -0.367 e. The topological polar surface area (TPSA) is 115 Å². The van der Waals surface area contributed by atoms with E-state index >= 15 is 0 Å². The number of nitrogens with two attached hydrogens (primary N) is 1. The van der Waals surface area contributed by atoms with Crippen molar-refractivity contribution < 1.29 is 9.59 Å². The van der Waals surface area contributed by atoms with Crippen LogP contribution in [0, 0.1) is 5.92 Å². The summed E-state index contributed by atoms with van der Waals surface area (Å²) < 4.78 is 1.34. The first kappa shape index (κ1) is 14.9. The molecule has 0 aliphatic heterocycles. The number of amides is 2. The Morgan fingerprint density at radius 3 is 2.68 bits per heavy atom. The molecule has 19 heavy (non-hydrogen) atoms. The predicted molar refractivity (Wildman–Crippen MR) is 69.9 cm³/mol. The predicted octanol–water partition coefficient (Wildman–Crippen LogP) is -0.861. The highest BCUT2D eigenvalue weighted by atomic mass is 16.2. The molecule has 0 saturated carbocycles. The van der Waals surface area contributed by atoms with E-state index in [1.165, 1.54) is 11.0 Å². The highest BCUT2D eigenvalue weighted by Gasteiger charge is 2.06. The van der Waals surface area contributed by atoms with Gasteiger partial charge in [-0.25, -0.2) is 9.67 Å². The van der Waals surface area contributed by atoms with Crippen LogP contribution in [0.15, 0.2) is 6.33 Å². The van der Waals surface area contributed by atoms with Crippen molar-refractivity contribution in [3.05, 3.63) is 6.33 Å². The van der Waals surface area contributed by atoms with Gasteiger partial charge in [0.2, 0.25) is 17.8 Å². The molecule has 8 nitrogen and oxygen atoms in total. The highest BCUT2D eigenvalue weighted by molar-refractivity contribution is 5.78. The summed E-state index contributed by atoms with van der Waals surface area (Å²) in [6, 6.07) is 0. The van der Waals surface area contributed by atoms with Crippen molar-refractivity contribution in [3.63, 3.8) is 0 Å². The smallest absolute Gasteiger partial charge is 0.241 e. The summed E-state index contributed by atoms with van der Waals surface area (Å²) in [5.74, 6) is 0.234. The summed E-state index contributed by atoms with van der Waals surface area (Å²) in [5.41, 5.74) is 5.32. The third-order valence-corrected chi connectivity index (χ3v) is 2.24. The normalized spacial score (nSPS) is 10.5. The molecule has 1 aromatic rings. The number of nitrogens with zero attached hydrogens (tertiary/aromatic N) is 3. The van der Waals surface area contributed by atoms with Crippen molar-refractivity contribution in [3.8, 4) is 0 Å². The van der Waals surface area contributed by atoms with Crippen molar-refractivity contribution in [2.75, 3.05) is 18.8 Å². The maximum absolute atomic E-state index is 11.5. The molecule has 0 radical (unpaired) electrons. The standard InChI is InChI=1S/C11H20N6O2/c1-8(2)5-14-9(18)3-4-13-10(19)6-17-7-15-11(12)16-17/h7-8H,3-6H2,1-2H3,(H2,12,16)(H,13,19)(H,14,18). The van der Waals surface area contributed by atoms with Gasteiger partial charge in [-0.05, 0) is 5.92 Å². The van der Waals surface area contributed by atoms with Crippen LogP contribution in [-0.4, -0.2) is 39.7 Å². The van der Waals surface area contributed by atoms with Crippen LogP contribution in [0.3, 0.4) is 0 Å². The number of nitrogens with one attached hydrogen (secondary N) is 2. The Balaban J connectivity index is 2.15. The minimum absolute atomic E-state index is 0.0395. The lowest BCUT2D eigenvalue weighted by Crippen LogP contribution is -2.33. The number of nitrogen functional groups attached to an aromatic ring is 1. The molecule has 0 saturated heterocycles. The fraction of sp³-hybridized carbons (Fsp3) is 0.636. The Morgan fingerprint density at radius 1 is 1.37 bits per heavy atom. The molecule has 0 atom stereocenters. The van der Waals surface area contributed by atoms with Crippen LogP contribution in [0.25, 0.3) is 0 Å². The van der Waals surface area contributed by atoms with Crippen LogP contribution < -0.4 is 16.4 Å². The van der Waals surface area contributed by atoms with Crippen molar-refractivity contribution in [2.45, 2.75) is 26.8 Å². The molecule has 2 amide bonds. The second-order valence-corrected chi connectivity index (χ2v) is 4.60. The van der Waals surface area contributed by atoms with Gasteiger partial charge >= 0.3 is 0 Å². The Hall–Kier alpha value is -2.12. The SMILES string of the molecule is CC(C)CNC(=O)CCNC(=O)Cn1cnc(N)n1. The van der Waals surface area contributed by atoms with Gasteiger partial charge in [0.25, 0.3) is 0 Å². The maximum atomic E-state index is 11.5. The molecule has 0 spiro atoms. The molecule has 0 unspecified atom stereocenters. The Kier molecular flexibility index (Phi) is 5.77. The van der Waals surface area contributed by atoms with E-state index in [2.05, 4.69) is 20.7 Å². The fourth-order valence-corrected chi connectivity index (χ4v) is 1.31. The van der Waals surface area contributed by atoms with Gasteiger partial charge in [-0.15, -0.1) is 5.10 Å². The van der Waals surface area contributed by atoms with Gasteiger partial charge in [0, 0.05) is 19.5 Å². The molecule has 0 aromatic carbocycles. The number of carbonyl (C=O) groups is 2. The monoisotopic (exact) mass is 268 g/mol.